The second-order valence-corrected chi connectivity index (χ2v) is 11.5. The maximum absolute atomic E-state index is 13.1. The van der Waals surface area contributed by atoms with Crippen molar-refractivity contribution in [3.8, 4) is 17.0 Å². The Morgan fingerprint density at radius 1 is 0.955 bits per heavy atom. The van der Waals surface area contributed by atoms with Gasteiger partial charge in [-0.2, -0.15) is 4.98 Å². The Kier molecular flexibility index (Phi) is 10.1. The summed E-state index contributed by atoms with van der Waals surface area (Å²) in [6.45, 7) is 3.16. The van der Waals surface area contributed by atoms with Crippen LogP contribution in [0.1, 0.15) is 41.3 Å². The minimum Gasteiger partial charge on any atom is -0.479 e. The highest BCUT2D eigenvalue weighted by Crippen LogP contribution is 2.28. The average Bonchev–Trinajstić information content (AvgIpc) is 3.39. The van der Waals surface area contributed by atoms with Crippen molar-refractivity contribution in [1.82, 2.24) is 20.0 Å². The quantitative estimate of drug-likeness (QED) is 0.150. The number of aromatic nitrogens is 2. The molecule has 0 bridgehead atoms. The highest BCUT2D eigenvalue weighted by atomic mass is 32.2. The SMILES string of the molecule is CCOc1nc(C(=O)NC(Cc2ccccc2)C(O)C(=O)O)[nH]c1Cc1ccc(-c2ccccc2S(=O)(=O)NC(C)=O)cc1. The molecule has 0 saturated carbocycles. The molecule has 0 aliphatic heterocycles. The number of imidazole rings is 1. The van der Waals surface area contributed by atoms with Crippen LogP contribution in [0.25, 0.3) is 11.1 Å². The van der Waals surface area contributed by atoms with Gasteiger partial charge in [0, 0.05) is 18.9 Å². The van der Waals surface area contributed by atoms with Crippen LogP contribution in [-0.2, 0) is 32.5 Å². The number of sulfonamides is 1. The summed E-state index contributed by atoms with van der Waals surface area (Å²) in [4.78, 5) is 43.3. The third-order valence-corrected chi connectivity index (χ3v) is 8.08. The lowest BCUT2D eigenvalue weighted by Crippen LogP contribution is -2.48. The molecule has 13 heteroatoms. The Hall–Kier alpha value is -5.01. The van der Waals surface area contributed by atoms with E-state index in [1.54, 1.807) is 79.7 Å². The van der Waals surface area contributed by atoms with E-state index in [-0.39, 0.29) is 36.0 Å². The van der Waals surface area contributed by atoms with Crippen LogP contribution >= 0.6 is 0 Å². The Bertz CT molecular complexity index is 1740. The van der Waals surface area contributed by atoms with Crippen LogP contribution < -0.4 is 14.8 Å². The first-order chi connectivity index (χ1) is 21.0. The van der Waals surface area contributed by atoms with Crippen molar-refractivity contribution in [3.05, 3.63) is 102 Å². The molecule has 0 aliphatic carbocycles. The highest BCUT2D eigenvalue weighted by molar-refractivity contribution is 7.90. The zero-order valence-corrected chi connectivity index (χ0v) is 24.8. The summed E-state index contributed by atoms with van der Waals surface area (Å²) in [6, 6.07) is 21.1. The van der Waals surface area contributed by atoms with Gasteiger partial charge in [-0.3, -0.25) is 9.59 Å². The fourth-order valence-electron chi connectivity index (χ4n) is 4.59. The molecular formula is C31H32N4O8S. The molecule has 1 aromatic heterocycles. The number of carbonyl (C=O) groups excluding carboxylic acids is 2. The Balaban J connectivity index is 1.55. The molecule has 0 aliphatic rings. The average molecular weight is 621 g/mol. The van der Waals surface area contributed by atoms with E-state index in [2.05, 4.69) is 15.3 Å². The first-order valence-electron chi connectivity index (χ1n) is 13.7. The number of aromatic amines is 1. The summed E-state index contributed by atoms with van der Waals surface area (Å²) in [5.74, 6) is -2.82. The van der Waals surface area contributed by atoms with Gasteiger partial charge >= 0.3 is 5.97 Å². The number of ether oxygens (including phenoxy) is 1. The highest BCUT2D eigenvalue weighted by Gasteiger charge is 2.29. The lowest BCUT2D eigenvalue weighted by molar-refractivity contribution is -0.148. The van der Waals surface area contributed by atoms with E-state index in [1.807, 2.05) is 4.72 Å². The number of aliphatic hydroxyl groups excluding tert-OH is 1. The molecule has 0 saturated heterocycles. The molecule has 4 aromatic rings. The lowest BCUT2D eigenvalue weighted by Gasteiger charge is -2.21. The number of aliphatic carboxylic acids is 1. The Morgan fingerprint density at radius 2 is 1.61 bits per heavy atom. The summed E-state index contributed by atoms with van der Waals surface area (Å²) < 4.78 is 33.0. The van der Waals surface area contributed by atoms with Gasteiger partial charge in [0.2, 0.25) is 11.8 Å². The molecule has 0 radical (unpaired) electrons. The second-order valence-electron chi connectivity index (χ2n) is 9.89. The molecule has 2 atom stereocenters. The summed E-state index contributed by atoms with van der Waals surface area (Å²) in [7, 11) is -4.07. The van der Waals surface area contributed by atoms with Crippen LogP contribution in [0.2, 0.25) is 0 Å². The van der Waals surface area contributed by atoms with Crippen LogP contribution in [0.15, 0.2) is 83.8 Å². The first-order valence-corrected chi connectivity index (χ1v) is 15.2. The molecule has 5 N–H and O–H groups in total. The molecule has 230 valence electrons. The van der Waals surface area contributed by atoms with Crippen molar-refractivity contribution in [3.63, 3.8) is 0 Å². The van der Waals surface area contributed by atoms with E-state index in [4.69, 9.17) is 4.74 Å². The van der Waals surface area contributed by atoms with E-state index in [0.717, 1.165) is 18.1 Å². The summed E-state index contributed by atoms with van der Waals surface area (Å²) in [6.07, 6.45) is -1.50. The molecule has 4 rings (SSSR count). The molecule has 1 heterocycles. The minimum absolute atomic E-state index is 0.0376. The van der Waals surface area contributed by atoms with Gasteiger partial charge in [0.15, 0.2) is 11.9 Å². The molecule has 44 heavy (non-hydrogen) atoms. The fourth-order valence-corrected chi connectivity index (χ4v) is 5.81. The molecular weight excluding hydrogens is 588 g/mol. The maximum Gasteiger partial charge on any atom is 0.334 e. The third-order valence-electron chi connectivity index (χ3n) is 6.59. The predicted octanol–water partition coefficient (Wildman–Crippen LogP) is 2.68. The predicted molar refractivity (Wildman–Crippen MR) is 160 cm³/mol. The van der Waals surface area contributed by atoms with E-state index in [1.165, 1.54) is 6.07 Å². The summed E-state index contributed by atoms with van der Waals surface area (Å²) >= 11 is 0. The van der Waals surface area contributed by atoms with Gasteiger partial charge in [-0.15, -0.1) is 0 Å². The van der Waals surface area contributed by atoms with Gasteiger partial charge in [-0.25, -0.2) is 17.9 Å². The first kappa shape index (κ1) is 31.9. The standard InChI is InChI=1S/C31H32N4O8S/c1-3-43-30-25(32-28(34-30)29(38)33-24(27(37)31(39)40)17-20-9-5-4-6-10-20)18-21-13-15-22(16-14-21)23-11-7-8-12-26(23)44(41,42)35-19(2)36/h4-16,24,27,37H,3,17-18H2,1-2H3,(H,32,34)(H,33,38)(H,35,36)(H,39,40). The van der Waals surface area contributed by atoms with Crippen molar-refractivity contribution in [2.24, 2.45) is 0 Å². The van der Waals surface area contributed by atoms with Crippen molar-refractivity contribution in [2.45, 2.75) is 43.7 Å². The number of H-pyrrole nitrogens is 1. The van der Waals surface area contributed by atoms with Crippen molar-refractivity contribution in [1.29, 1.82) is 0 Å². The number of hydrogen-bond donors (Lipinski definition) is 5. The van der Waals surface area contributed by atoms with Gasteiger partial charge in [-0.05, 0) is 36.1 Å². The topological polar surface area (TPSA) is 188 Å². The number of nitrogens with zero attached hydrogens (tertiary/aromatic N) is 1. The van der Waals surface area contributed by atoms with Gasteiger partial charge in [0.1, 0.15) is 0 Å². The molecule has 2 amide bonds. The number of carboxylic acid groups (broad SMARTS) is 1. The Morgan fingerprint density at radius 3 is 2.25 bits per heavy atom. The fraction of sp³-hybridized carbons (Fsp3) is 0.226. The van der Waals surface area contributed by atoms with Crippen LogP contribution in [0.4, 0.5) is 0 Å². The van der Waals surface area contributed by atoms with E-state index in [0.29, 0.717) is 16.8 Å². The summed E-state index contributed by atoms with van der Waals surface area (Å²) in [5.41, 5.74) is 3.02. The zero-order valence-electron chi connectivity index (χ0n) is 24.0. The summed E-state index contributed by atoms with van der Waals surface area (Å²) in [5, 5.41) is 22.2. The molecule has 12 nitrogen and oxygen atoms in total. The van der Waals surface area contributed by atoms with E-state index in [9.17, 15) is 33.0 Å². The minimum atomic E-state index is -4.07. The maximum atomic E-state index is 13.1. The van der Waals surface area contributed by atoms with Gasteiger partial charge in [0.05, 0.1) is 23.2 Å². The van der Waals surface area contributed by atoms with Gasteiger partial charge in [-0.1, -0.05) is 72.8 Å². The molecule has 0 spiro atoms. The lowest BCUT2D eigenvalue weighted by atomic mass is 10.0. The van der Waals surface area contributed by atoms with E-state index < -0.39 is 40.0 Å². The number of carbonyl (C=O) groups is 3. The van der Waals surface area contributed by atoms with Crippen molar-refractivity contribution >= 4 is 27.8 Å². The zero-order chi connectivity index (χ0) is 31.9. The van der Waals surface area contributed by atoms with E-state index >= 15 is 0 Å². The number of hydrogen-bond acceptors (Lipinski definition) is 8. The normalized spacial score (nSPS) is 12.6. The third kappa shape index (κ3) is 7.88. The number of amides is 2. The smallest absolute Gasteiger partial charge is 0.334 e. The van der Waals surface area contributed by atoms with Crippen molar-refractivity contribution < 1.29 is 37.8 Å². The van der Waals surface area contributed by atoms with Crippen LogP contribution in [-0.4, -0.2) is 65.1 Å². The van der Waals surface area contributed by atoms with Crippen LogP contribution in [0.3, 0.4) is 0 Å². The van der Waals surface area contributed by atoms with Gasteiger partial charge < -0.3 is 25.3 Å². The molecule has 0 fully saturated rings. The number of aliphatic hydroxyl groups is 1. The largest absolute Gasteiger partial charge is 0.479 e. The second kappa shape index (κ2) is 14.0. The Labute approximate surface area is 254 Å². The van der Waals surface area contributed by atoms with Gasteiger partial charge in [0.25, 0.3) is 15.9 Å². The van der Waals surface area contributed by atoms with Crippen molar-refractivity contribution in [2.75, 3.05) is 6.61 Å². The number of rotatable bonds is 13. The van der Waals surface area contributed by atoms with Crippen LogP contribution in [0.5, 0.6) is 5.88 Å². The molecule has 2 unspecified atom stereocenters. The molecule has 3 aromatic carbocycles. The van der Waals surface area contributed by atoms with Crippen LogP contribution in [0, 0.1) is 0 Å². The monoisotopic (exact) mass is 620 g/mol. The number of nitrogens with one attached hydrogen (secondary N) is 3. The number of carboxylic acids is 1. The number of benzene rings is 3.